The molecule has 1 aromatic heterocycles. The summed E-state index contributed by atoms with van der Waals surface area (Å²) in [5.74, 6) is 1.46. The van der Waals surface area contributed by atoms with Crippen LogP contribution in [0.3, 0.4) is 0 Å². The Bertz CT molecular complexity index is 760. The normalized spacial score (nSPS) is 12.4. The van der Waals surface area contributed by atoms with Crippen LogP contribution in [0.1, 0.15) is 17.4 Å². The van der Waals surface area contributed by atoms with E-state index in [0.29, 0.717) is 12.5 Å². The Hall–Kier alpha value is -2.54. The fraction of sp³-hybridized carbons (Fsp3) is 0.429. The van der Waals surface area contributed by atoms with E-state index in [0.717, 1.165) is 24.3 Å². The van der Waals surface area contributed by atoms with Gasteiger partial charge in [-0.15, -0.1) is 11.3 Å². The summed E-state index contributed by atoms with van der Waals surface area (Å²) in [5.41, 5.74) is 1.11. The molecule has 0 saturated carbocycles. The van der Waals surface area contributed by atoms with Gasteiger partial charge in [0, 0.05) is 25.5 Å². The number of nitrogens with one attached hydrogen (secondary N) is 2. The van der Waals surface area contributed by atoms with E-state index in [1.807, 2.05) is 44.2 Å². The average Bonchev–Trinajstić information content (AvgIpc) is 3.18. The molecule has 7 heteroatoms. The quantitative estimate of drug-likeness (QED) is 0.500. The van der Waals surface area contributed by atoms with Gasteiger partial charge in [0.1, 0.15) is 18.4 Å². The third-order valence-electron chi connectivity index (χ3n) is 4.09. The molecule has 2 N–H and O–H groups in total. The van der Waals surface area contributed by atoms with Crippen LogP contribution in [0.15, 0.2) is 46.8 Å². The fourth-order valence-corrected chi connectivity index (χ4v) is 3.12. The molecule has 0 bridgehead atoms. The Morgan fingerprint density at radius 2 is 2.00 bits per heavy atom. The second-order valence-electron chi connectivity index (χ2n) is 6.78. The van der Waals surface area contributed by atoms with Crippen LogP contribution >= 0.6 is 11.3 Å². The first-order valence-electron chi connectivity index (χ1n) is 9.42. The lowest BCUT2D eigenvalue weighted by Crippen LogP contribution is -2.43. The number of hydrogen-bond acceptors (Lipinski definition) is 4. The molecule has 0 fully saturated rings. The summed E-state index contributed by atoms with van der Waals surface area (Å²) in [6.45, 7) is 5.47. The molecule has 0 saturated heterocycles. The summed E-state index contributed by atoms with van der Waals surface area (Å²) in [6.07, 6.45) is 0.866. The maximum absolute atomic E-state index is 11.9. The van der Waals surface area contributed by atoms with Crippen LogP contribution in [0.25, 0.3) is 0 Å². The first kappa shape index (κ1) is 21.8. The molecule has 1 aromatic carbocycles. The minimum absolute atomic E-state index is 0.0384. The van der Waals surface area contributed by atoms with Gasteiger partial charge in [0.05, 0.1) is 6.54 Å². The largest absolute Gasteiger partial charge is 0.489 e. The highest BCUT2D eigenvalue weighted by Crippen LogP contribution is 2.17. The maximum atomic E-state index is 11.9. The summed E-state index contributed by atoms with van der Waals surface area (Å²) >= 11 is 1.74. The number of amides is 1. The molecule has 0 aliphatic heterocycles. The zero-order valence-corrected chi connectivity index (χ0v) is 17.9. The van der Waals surface area contributed by atoms with E-state index in [-0.39, 0.29) is 18.6 Å². The van der Waals surface area contributed by atoms with Gasteiger partial charge in [-0.25, -0.2) is 4.99 Å². The number of rotatable bonds is 9. The third kappa shape index (κ3) is 7.60. The molecule has 152 valence electrons. The van der Waals surface area contributed by atoms with E-state index in [2.05, 4.69) is 27.1 Å². The lowest BCUT2D eigenvalue weighted by molar-refractivity contribution is -0.127. The van der Waals surface area contributed by atoms with Gasteiger partial charge in [-0.05, 0) is 43.3 Å². The molecule has 0 spiro atoms. The Balaban J connectivity index is 1.88. The number of nitrogens with zero attached hydrogens (tertiary/aromatic N) is 2. The number of ether oxygens (including phenoxy) is 1. The predicted octanol–water partition coefficient (Wildman–Crippen LogP) is 2.69. The number of hydrogen-bond donors (Lipinski definition) is 2. The summed E-state index contributed by atoms with van der Waals surface area (Å²) in [6, 6.07) is 12.1. The number of benzene rings is 1. The molecule has 1 heterocycles. The number of para-hydroxylation sites is 1. The average molecular weight is 403 g/mol. The lowest BCUT2D eigenvalue weighted by atomic mass is 10.2. The number of guanidine groups is 1. The Labute approximate surface area is 171 Å². The molecule has 6 nitrogen and oxygen atoms in total. The number of carbonyl (C=O) groups is 1. The zero-order chi connectivity index (χ0) is 20.4. The van der Waals surface area contributed by atoms with Crippen molar-refractivity contribution in [1.82, 2.24) is 15.5 Å². The first-order chi connectivity index (χ1) is 13.5. The summed E-state index contributed by atoms with van der Waals surface area (Å²) in [4.78, 5) is 19.1. The van der Waals surface area contributed by atoms with Gasteiger partial charge < -0.3 is 20.3 Å². The van der Waals surface area contributed by atoms with Crippen molar-refractivity contribution in [2.45, 2.75) is 26.4 Å². The van der Waals surface area contributed by atoms with Crippen molar-refractivity contribution >= 4 is 23.2 Å². The number of aliphatic imine (C=N–C) groups is 1. The Kier molecular flexibility index (Phi) is 8.81. The smallest absolute Gasteiger partial charge is 0.243 e. The Morgan fingerprint density at radius 1 is 1.21 bits per heavy atom. The van der Waals surface area contributed by atoms with Crippen molar-refractivity contribution in [3.8, 4) is 5.75 Å². The summed E-state index contributed by atoms with van der Waals surface area (Å²) < 4.78 is 6.00. The van der Waals surface area contributed by atoms with Crippen molar-refractivity contribution in [1.29, 1.82) is 0 Å². The number of likely N-dealkylation sites (N-methyl/N-ethyl adjacent to an activating group) is 1. The highest BCUT2D eigenvalue weighted by atomic mass is 32.1. The second-order valence-corrected chi connectivity index (χ2v) is 7.82. The van der Waals surface area contributed by atoms with E-state index in [4.69, 9.17) is 4.74 Å². The van der Waals surface area contributed by atoms with Crippen molar-refractivity contribution in [2.24, 2.45) is 4.99 Å². The van der Waals surface area contributed by atoms with Crippen LogP contribution in [0.5, 0.6) is 5.75 Å². The van der Waals surface area contributed by atoms with E-state index >= 15 is 0 Å². The van der Waals surface area contributed by atoms with Gasteiger partial charge in [0.2, 0.25) is 5.91 Å². The van der Waals surface area contributed by atoms with E-state index in [1.54, 1.807) is 25.4 Å². The summed E-state index contributed by atoms with van der Waals surface area (Å²) in [7, 11) is 3.46. The SMILES string of the molecule is Cc1ccccc1OC(C)CNC(=NCC(=O)N(C)C)NCCc1cccs1. The molecule has 1 unspecified atom stereocenters. The minimum atomic E-state index is -0.0463. The van der Waals surface area contributed by atoms with E-state index in [1.165, 1.54) is 9.78 Å². The number of aryl methyl sites for hydroxylation is 1. The number of thiophene rings is 1. The van der Waals surface area contributed by atoms with Crippen molar-refractivity contribution in [3.63, 3.8) is 0 Å². The van der Waals surface area contributed by atoms with E-state index in [9.17, 15) is 4.79 Å². The van der Waals surface area contributed by atoms with E-state index < -0.39 is 0 Å². The molecule has 0 aliphatic rings. The molecule has 2 aromatic rings. The van der Waals surface area contributed by atoms with Gasteiger partial charge in [-0.3, -0.25) is 4.79 Å². The fourth-order valence-electron chi connectivity index (χ4n) is 2.41. The first-order valence-corrected chi connectivity index (χ1v) is 10.3. The second kappa shape index (κ2) is 11.3. The molecule has 1 atom stereocenters. The van der Waals surface area contributed by atoms with Crippen LogP contribution in [0.4, 0.5) is 0 Å². The highest BCUT2D eigenvalue weighted by Gasteiger charge is 2.09. The van der Waals surface area contributed by atoms with Crippen molar-refractivity contribution in [2.75, 3.05) is 33.7 Å². The van der Waals surface area contributed by atoms with Crippen LogP contribution in [0, 0.1) is 6.92 Å². The highest BCUT2D eigenvalue weighted by molar-refractivity contribution is 7.09. The van der Waals surface area contributed by atoms with Crippen LogP contribution in [-0.2, 0) is 11.2 Å². The molecule has 0 aliphatic carbocycles. The standard InChI is InChI=1S/C21H30N4O2S/c1-16-8-5-6-10-19(16)27-17(2)14-23-21(24-15-20(26)25(3)4)22-12-11-18-9-7-13-28-18/h5-10,13,17H,11-12,14-15H2,1-4H3,(H2,22,23,24). The molecule has 0 radical (unpaired) electrons. The van der Waals surface area contributed by atoms with Gasteiger partial charge in [-0.2, -0.15) is 0 Å². The number of carbonyl (C=O) groups excluding carboxylic acids is 1. The lowest BCUT2D eigenvalue weighted by Gasteiger charge is -2.19. The van der Waals surface area contributed by atoms with Gasteiger partial charge in [0.25, 0.3) is 0 Å². The van der Waals surface area contributed by atoms with Crippen LogP contribution in [0.2, 0.25) is 0 Å². The van der Waals surface area contributed by atoms with Gasteiger partial charge >= 0.3 is 0 Å². The van der Waals surface area contributed by atoms with Gasteiger partial charge in [0.15, 0.2) is 5.96 Å². The van der Waals surface area contributed by atoms with Crippen molar-refractivity contribution < 1.29 is 9.53 Å². The van der Waals surface area contributed by atoms with Crippen LogP contribution < -0.4 is 15.4 Å². The predicted molar refractivity (Wildman–Crippen MR) is 116 cm³/mol. The molecule has 2 rings (SSSR count). The van der Waals surface area contributed by atoms with Gasteiger partial charge in [-0.1, -0.05) is 24.3 Å². The third-order valence-corrected chi connectivity index (χ3v) is 5.03. The Morgan fingerprint density at radius 3 is 2.68 bits per heavy atom. The minimum Gasteiger partial charge on any atom is -0.489 e. The van der Waals surface area contributed by atoms with Crippen molar-refractivity contribution in [3.05, 3.63) is 52.2 Å². The maximum Gasteiger partial charge on any atom is 0.243 e. The molecule has 1 amide bonds. The monoisotopic (exact) mass is 402 g/mol. The summed E-state index contributed by atoms with van der Waals surface area (Å²) in [5, 5.41) is 8.65. The van der Waals surface area contributed by atoms with Crippen LogP contribution in [-0.4, -0.2) is 56.6 Å². The molecular formula is C21H30N4O2S. The molecule has 28 heavy (non-hydrogen) atoms. The topological polar surface area (TPSA) is 66.0 Å². The zero-order valence-electron chi connectivity index (χ0n) is 17.1. The molecular weight excluding hydrogens is 372 g/mol.